The maximum absolute atomic E-state index is 2.41. The molecule has 0 nitrogen and oxygen atoms in total. The minimum Gasteiger partial charge on any atom is -0.0625 e. The highest BCUT2D eigenvalue weighted by atomic mass is 14.6. The Balaban J connectivity index is 2.00. The first-order chi connectivity index (χ1) is 5.61. The van der Waals surface area contributed by atoms with E-state index < -0.39 is 0 Å². The molecule has 4 atom stereocenters. The summed E-state index contributed by atoms with van der Waals surface area (Å²) >= 11 is 0. The van der Waals surface area contributed by atoms with E-state index in [1.807, 2.05) is 0 Å². The average molecular weight is 166 g/mol. The Hall–Kier alpha value is 0. The molecule has 0 heterocycles. The van der Waals surface area contributed by atoms with Crippen LogP contribution in [0.5, 0.6) is 0 Å². The summed E-state index contributed by atoms with van der Waals surface area (Å²) in [6.07, 6.45) is 3.09. The van der Waals surface area contributed by atoms with Gasteiger partial charge >= 0.3 is 0 Å². The molecular weight excluding hydrogens is 144 g/mol. The molecule has 12 heavy (non-hydrogen) atoms. The van der Waals surface area contributed by atoms with Crippen molar-refractivity contribution in [2.75, 3.05) is 0 Å². The van der Waals surface area contributed by atoms with Crippen LogP contribution in [0.2, 0.25) is 0 Å². The second-order valence-electron chi connectivity index (χ2n) is 5.61. The van der Waals surface area contributed by atoms with Gasteiger partial charge in [0.05, 0.1) is 0 Å². The maximum Gasteiger partial charge on any atom is -0.0349 e. The lowest BCUT2D eigenvalue weighted by Gasteiger charge is -2.21. The number of hydrogen-bond donors (Lipinski definition) is 0. The van der Waals surface area contributed by atoms with Gasteiger partial charge in [-0.2, -0.15) is 0 Å². The van der Waals surface area contributed by atoms with Crippen LogP contribution >= 0.6 is 0 Å². The van der Waals surface area contributed by atoms with Crippen LogP contribution in [0.15, 0.2) is 0 Å². The predicted molar refractivity (Wildman–Crippen MR) is 52.9 cm³/mol. The highest BCUT2D eigenvalue weighted by Gasteiger charge is 2.54. The molecule has 0 aromatic carbocycles. The van der Waals surface area contributed by atoms with E-state index in [2.05, 4.69) is 27.7 Å². The van der Waals surface area contributed by atoms with Crippen LogP contribution in [0.1, 0.15) is 40.5 Å². The number of rotatable bonds is 2. The Morgan fingerprint density at radius 3 is 1.42 bits per heavy atom. The van der Waals surface area contributed by atoms with Crippen molar-refractivity contribution >= 4 is 0 Å². The molecule has 0 radical (unpaired) electrons. The number of fused-ring (bicyclic) bond motifs is 1. The van der Waals surface area contributed by atoms with E-state index in [0.717, 1.165) is 35.5 Å². The largest absolute Gasteiger partial charge is 0.0625 e. The fourth-order valence-corrected chi connectivity index (χ4v) is 3.42. The van der Waals surface area contributed by atoms with Gasteiger partial charge in [-0.15, -0.1) is 0 Å². The van der Waals surface area contributed by atoms with Crippen LogP contribution < -0.4 is 0 Å². The molecule has 2 fully saturated rings. The van der Waals surface area contributed by atoms with Crippen LogP contribution in [0.3, 0.4) is 0 Å². The average Bonchev–Trinajstić information content (AvgIpc) is 2.63. The van der Waals surface area contributed by atoms with Gasteiger partial charge < -0.3 is 0 Å². The Bertz CT molecular complexity index is 151. The molecule has 2 aliphatic rings. The molecule has 70 valence electrons. The molecule has 2 aliphatic carbocycles. The Morgan fingerprint density at radius 1 is 0.750 bits per heavy atom. The molecule has 0 heteroatoms. The summed E-state index contributed by atoms with van der Waals surface area (Å²) in [6.45, 7) is 9.62. The Morgan fingerprint density at radius 2 is 1.17 bits per heavy atom. The molecule has 0 spiro atoms. The lowest BCUT2D eigenvalue weighted by molar-refractivity contribution is 0.286. The molecule has 0 N–H and O–H groups in total. The van der Waals surface area contributed by atoms with Crippen molar-refractivity contribution < 1.29 is 0 Å². The molecule has 0 amide bonds. The SMILES string of the molecule is CC(C)C1C[C@H](C(C)C)[C@@H]2C[C@H]12. The van der Waals surface area contributed by atoms with E-state index in [1.165, 1.54) is 6.42 Å². The van der Waals surface area contributed by atoms with Gasteiger partial charge in [0.25, 0.3) is 0 Å². The summed E-state index contributed by atoms with van der Waals surface area (Å²) in [5.74, 6) is 6.28. The normalized spacial score (nSPS) is 45.5. The van der Waals surface area contributed by atoms with Crippen molar-refractivity contribution in [3.63, 3.8) is 0 Å². The van der Waals surface area contributed by atoms with Crippen molar-refractivity contribution in [3.8, 4) is 0 Å². The van der Waals surface area contributed by atoms with Gasteiger partial charge in [0, 0.05) is 0 Å². The third-order valence-electron chi connectivity index (χ3n) is 4.25. The fraction of sp³-hybridized carbons (Fsp3) is 1.00. The molecule has 2 saturated carbocycles. The van der Waals surface area contributed by atoms with Crippen LogP contribution in [0, 0.1) is 35.5 Å². The predicted octanol–water partition coefficient (Wildman–Crippen LogP) is 3.57. The minimum atomic E-state index is 0.934. The van der Waals surface area contributed by atoms with E-state index in [9.17, 15) is 0 Å². The summed E-state index contributed by atoms with van der Waals surface area (Å²) in [5, 5.41) is 0. The standard InChI is InChI=1S/C12H22/c1-7(2)9-5-10(8(3)4)12-6-11(9)12/h7-12H,5-6H2,1-4H3/t9-,10?,11+,12-/m1/s1. The van der Waals surface area contributed by atoms with Gasteiger partial charge in [0.1, 0.15) is 0 Å². The summed E-state index contributed by atoms with van der Waals surface area (Å²) in [7, 11) is 0. The molecule has 0 aromatic rings. The summed E-state index contributed by atoms with van der Waals surface area (Å²) in [4.78, 5) is 0. The van der Waals surface area contributed by atoms with E-state index in [1.54, 1.807) is 6.42 Å². The highest BCUT2D eigenvalue weighted by molar-refractivity contribution is 5.03. The van der Waals surface area contributed by atoms with Crippen LogP contribution in [0.25, 0.3) is 0 Å². The Kier molecular flexibility index (Phi) is 1.97. The molecule has 0 saturated heterocycles. The monoisotopic (exact) mass is 166 g/mol. The zero-order valence-corrected chi connectivity index (χ0v) is 8.88. The van der Waals surface area contributed by atoms with E-state index >= 15 is 0 Å². The van der Waals surface area contributed by atoms with Crippen LogP contribution in [0.4, 0.5) is 0 Å². The number of hydrogen-bond acceptors (Lipinski definition) is 0. The first kappa shape index (κ1) is 8.59. The molecule has 0 bridgehead atoms. The van der Waals surface area contributed by atoms with Gasteiger partial charge in [0.2, 0.25) is 0 Å². The van der Waals surface area contributed by atoms with Gasteiger partial charge in [-0.1, -0.05) is 27.7 Å². The minimum absolute atomic E-state index is 0.934. The lowest BCUT2D eigenvalue weighted by Crippen LogP contribution is -2.13. The third-order valence-corrected chi connectivity index (χ3v) is 4.25. The second kappa shape index (κ2) is 2.75. The Labute approximate surface area is 76.7 Å². The van der Waals surface area contributed by atoms with E-state index in [-0.39, 0.29) is 0 Å². The molecule has 1 unspecified atom stereocenters. The van der Waals surface area contributed by atoms with Crippen molar-refractivity contribution in [2.24, 2.45) is 35.5 Å². The first-order valence-corrected chi connectivity index (χ1v) is 5.61. The van der Waals surface area contributed by atoms with E-state index in [0.29, 0.717) is 0 Å². The van der Waals surface area contributed by atoms with Crippen LogP contribution in [-0.2, 0) is 0 Å². The summed E-state index contributed by atoms with van der Waals surface area (Å²) < 4.78 is 0. The molecule has 0 aromatic heterocycles. The van der Waals surface area contributed by atoms with E-state index in [4.69, 9.17) is 0 Å². The maximum atomic E-state index is 2.41. The zero-order valence-electron chi connectivity index (χ0n) is 8.88. The smallest absolute Gasteiger partial charge is 0.0349 e. The third kappa shape index (κ3) is 1.20. The van der Waals surface area contributed by atoms with Crippen LogP contribution in [-0.4, -0.2) is 0 Å². The topological polar surface area (TPSA) is 0 Å². The fourth-order valence-electron chi connectivity index (χ4n) is 3.42. The molecular formula is C12H22. The lowest BCUT2D eigenvalue weighted by atomic mass is 9.84. The molecule has 0 aliphatic heterocycles. The van der Waals surface area contributed by atoms with Gasteiger partial charge in [0.15, 0.2) is 0 Å². The van der Waals surface area contributed by atoms with Gasteiger partial charge in [-0.05, 0) is 48.3 Å². The zero-order chi connectivity index (χ0) is 8.88. The van der Waals surface area contributed by atoms with Crippen molar-refractivity contribution in [1.82, 2.24) is 0 Å². The van der Waals surface area contributed by atoms with Crippen molar-refractivity contribution in [2.45, 2.75) is 40.5 Å². The second-order valence-corrected chi connectivity index (χ2v) is 5.61. The summed E-state index contributed by atoms with van der Waals surface area (Å²) in [5.41, 5.74) is 0. The van der Waals surface area contributed by atoms with Gasteiger partial charge in [-0.25, -0.2) is 0 Å². The highest BCUT2D eigenvalue weighted by Crippen LogP contribution is 2.62. The van der Waals surface area contributed by atoms with Crippen molar-refractivity contribution in [3.05, 3.63) is 0 Å². The quantitative estimate of drug-likeness (QED) is 0.588. The summed E-state index contributed by atoms with van der Waals surface area (Å²) in [6, 6.07) is 0. The first-order valence-electron chi connectivity index (χ1n) is 5.61. The van der Waals surface area contributed by atoms with Gasteiger partial charge in [-0.3, -0.25) is 0 Å². The molecule has 2 rings (SSSR count). The van der Waals surface area contributed by atoms with Crippen molar-refractivity contribution in [1.29, 1.82) is 0 Å².